The summed E-state index contributed by atoms with van der Waals surface area (Å²) in [4.78, 5) is 3.90. The van der Waals surface area contributed by atoms with Crippen molar-refractivity contribution in [2.45, 2.75) is 24.5 Å². The Labute approximate surface area is 122 Å². The van der Waals surface area contributed by atoms with Crippen LogP contribution in [0.5, 0.6) is 5.75 Å². The smallest absolute Gasteiger partial charge is 0.244 e. The number of hydrogen-bond donors (Lipinski definition) is 3. The van der Waals surface area contributed by atoms with E-state index in [1.807, 2.05) is 0 Å². The molecule has 8 nitrogen and oxygen atoms in total. The number of rotatable bonds is 6. The molecule has 2 aromatic rings. The van der Waals surface area contributed by atoms with Crippen molar-refractivity contribution in [1.82, 2.24) is 19.9 Å². The van der Waals surface area contributed by atoms with Crippen LogP contribution in [0.1, 0.15) is 24.4 Å². The lowest BCUT2D eigenvalue weighted by atomic mass is 10.2. The average Bonchev–Trinajstić information content (AvgIpc) is 3.00. The summed E-state index contributed by atoms with van der Waals surface area (Å²) in [5.74, 6) is 0.573. The highest BCUT2D eigenvalue weighted by molar-refractivity contribution is 7.89. The predicted octanol–water partition coefficient (Wildman–Crippen LogP) is 0.345. The normalized spacial score (nSPS) is 13.1. The van der Waals surface area contributed by atoms with Crippen LogP contribution in [-0.2, 0) is 16.6 Å². The van der Waals surface area contributed by atoms with E-state index in [4.69, 9.17) is 9.84 Å². The van der Waals surface area contributed by atoms with E-state index in [9.17, 15) is 8.42 Å². The quantitative estimate of drug-likeness (QED) is 0.708. The monoisotopic (exact) mass is 312 g/mol. The number of aromatic nitrogens is 3. The number of H-pyrrole nitrogens is 1. The average molecular weight is 312 g/mol. The molecule has 3 N–H and O–H groups in total. The summed E-state index contributed by atoms with van der Waals surface area (Å²) >= 11 is 0. The molecule has 21 heavy (non-hydrogen) atoms. The minimum Gasteiger partial charge on any atom is -0.495 e. The van der Waals surface area contributed by atoms with E-state index >= 15 is 0 Å². The van der Waals surface area contributed by atoms with Gasteiger partial charge in [-0.05, 0) is 24.6 Å². The third-order valence-corrected chi connectivity index (χ3v) is 4.46. The minimum absolute atomic E-state index is 0.00596. The van der Waals surface area contributed by atoms with Gasteiger partial charge in [-0.25, -0.2) is 18.1 Å². The van der Waals surface area contributed by atoms with Gasteiger partial charge in [0.1, 0.15) is 22.8 Å². The summed E-state index contributed by atoms with van der Waals surface area (Å²) in [6, 6.07) is 3.82. The zero-order valence-electron chi connectivity index (χ0n) is 11.6. The highest BCUT2D eigenvalue weighted by Crippen LogP contribution is 2.26. The zero-order chi connectivity index (χ0) is 15.5. The van der Waals surface area contributed by atoms with Gasteiger partial charge in [-0.2, -0.15) is 5.10 Å². The highest BCUT2D eigenvalue weighted by Gasteiger charge is 2.23. The number of aliphatic hydroxyl groups excluding tert-OH is 1. The van der Waals surface area contributed by atoms with Crippen LogP contribution < -0.4 is 9.46 Å². The summed E-state index contributed by atoms with van der Waals surface area (Å²) in [7, 11) is -2.43. The second-order valence-electron chi connectivity index (χ2n) is 4.36. The molecule has 9 heteroatoms. The fourth-order valence-corrected chi connectivity index (χ4v) is 3.17. The molecular weight excluding hydrogens is 296 g/mol. The van der Waals surface area contributed by atoms with Crippen LogP contribution in [0, 0.1) is 0 Å². The molecule has 1 aromatic heterocycles. The molecule has 1 unspecified atom stereocenters. The van der Waals surface area contributed by atoms with Crippen molar-refractivity contribution in [2.24, 2.45) is 0 Å². The van der Waals surface area contributed by atoms with E-state index in [1.54, 1.807) is 6.92 Å². The van der Waals surface area contributed by atoms with Crippen molar-refractivity contribution >= 4 is 10.0 Å². The number of aromatic amines is 1. The van der Waals surface area contributed by atoms with Crippen molar-refractivity contribution in [3.8, 4) is 5.75 Å². The van der Waals surface area contributed by atoms with Crippen molar-refractivity contribution in [3.63, 3.8) is 0 Å². The number of sulfonamides is 1. The SMILES string of the molecule is COc1cc(CO)ccc1S(=O)(=O)NC(C)c1ncn[nH]1. The second-order valence-corrected chi connectivity index (χ2v) is 6.04. The largest absolute Gasteiger partial charge is 0.495 e. The van der Waals surface area contributed by atoms with Crippen LogP contribution in [-0.4, -0.2) is 35.8 Å². The topological polar surface area (TPSA) is 117 Å². The number of nitrogens with zero attached hydrogens (tertiary/aromatic N) is 2. The van der Waals surface area contributed by atoms with Gasteiger partial charge in [0.15, 0.2) is 0 Å². The minimum atomic E-state index is -3.80. The summed E-state index contributed by atoms with van der Waals surface area (Å²) < 4.78 is 32.4. The number of hydrogen-bond acceptors (Lipinski definition) is 6. The Kier molecular flexibility index (Phi) is 4.56. The standard InChI is InChI=1S/C12H16N4O4S/c1-8(12-13-7-14-15-12)16-21(18,19)11-4-3-9(6-17)5-10(11)20-2/h3-5,7-8,16-17H,6H2,1-2H3,(H,13,14,15). The Bertz CT molecular complexity index is 700. The van der Waals surface area contributed by atoms with Gasteiger partial charge >= 0.3 is 0 Å². The first kappa shape index (κ1) is 15.4. The van der Waals surface area contributed by atoms with Crippen molar-refractivity contribution < 1.29 is 18.3 Å². The molecule has 0 aliphatic heterocycles. The van der Waals surface area contributed by atoms with Gasteiger partial charge in [-0.15, -0.1) is 0 Å². The molecule has 0 saturated carbocycles. The highest BCUT2D eigenvalue weighted by atomic mass is 32.2. The maximum Gasteiger partial charge on any atom is 0.244 e. The van der Waals surface area contributed by atoms with Crippen molar-refractivity contribution in [1.29, 1.82) is 0 Å². The van der Waals surface area contributed by atoms with Crippen LogP contribution in [0.25, 0.3) is 0 Å². The van der Waals surface area contributed by atoms with Crippen LogP contribution in [0.4, 0.5) is 0 Å². The van der Waals surface area contributed by atoms with Crippen LogP contribution in [0.15, 0.2) is 29.4 Å². The van der Waals surface area contributed by atoms with Gasteiger partial charge < -0.3 is 9.84 Å². The first-order valence-corrected chi connectivity index (χ1v) is 7.61. The lowest BCUT2D eigenvalue weighted by Crippen LogP contribution is -2.28. The molecule has 1 aromatic carbocycles. The number of nitrogens with one attached hydrogen (secondary N) is 2. The van der Waals surface area contributed by atoms with Gasteiger partial charge in [0.25, 0.3) is 0 Å². The van der Waals surface area contributed by atoms with Gasteiger partial charge in [-0.3, -0.25) is 5.10 Å². The van der Waals surface area contributed by atoms with E-state index in [1.165, 1.54) is 31.6 Å². The van der Waals surface area contributed by atoms with E-state index < -0.39 is 16.1 Å². The Morgan fingerprint density at radius 2 is 2.24 bits per heavy atom. The summed E-state index contributed by atoms with van der Waals surface area (Å²) in [5.41, 5.74) is 0.564. The molecule has 1 atom stereocenters. The zero-order valence-corrected chi connectivity index (χ0v) is 12.4. The molecule has 2 rings (SSSR count). The molecule has 0 fully saturated rings. The number of methoxy groups -OCH3 is 1. The molecule has 0 aliphatic rings. The maximum atomic E-state index is 12.4. The number of benzene rings is 1. The van der Waals surface area contributed by atoms with Gasteiger partial charge in [0.05, 0.1) is 19.8 Å². The molecule has 0 amide bonds. The number of aliphatic hydroxyl groups is 1. The Balaban J connectivity index is 2.31. The van der Waals surface area contributed by atoms with E-state index in [-0.39, 0.29) is 17.3 Å². The maximum absolute atomic E-state index is 12.4. The lowest BCUT2D eigenvalue weighted by molar-refractivity contribution is 0.280. The van der Waals surface area contributed by atoms with Gasteiger partial charge in [0.2, 0.25) is 10.0 Å². The van der Waals surface area contributed by atoms with Gasteiger partial charge in [0, 0.05) is 0 Å². The lowest BCUT2D eigenvalue weighted by Gasteiger charge is -2.14. The molecule has 114 valence electrons. The molecule has 0 aliphatic carbocycles. The first-order valence-electron chi connectivity index (χ1n) is 6.13. The van der Waals surface area contributed by atoms with E-state index in [0.717, 1.165) is 0 Å². The Hall–Kier alpha value is -1.97. The van der Waals surface area contributed by atoms with Crippen molar-refractivity contribution in [3.05, 3.63) is 35.9 Å². The Morgan fingerprint density at radius 3 is 2.81 bits per heavy atom. The number of ether oxygens (including phenoxy) is 1. The molecule has 0 bridgehead atoms. The molecule has 1 heterocycles. The molecule has 0 saturated heterocycles. The predicted molar refractivity (Wildman–Crippen MR) is 74.0 cm³/mol. The van der Waals surface area contributed by atoms with Crippen LogP contribution in [0.2, 0.25) is 0 Å². The summed E-state index contributed by atoms with van der Waals surface area (Å²) in [5, 5.41) is 15.4. The van der Waals surface area contributed by atoms with E-state index in [0.29, 0.717) is 11.4 Å². The fourth-order valence-electron chi connectivity index (χ4n) is 1.81. The third-order valence-electron chi connectivity index (χ3n) is 2.88. The molecular formula is C12H16N4O4S. The first-order chi connectivity index (χ1) is 9.97. The summed E-state index contributed by atoms with van der Waals surface area (Å²) in [6.07, 6.45) is 1.30. The van der Waals surface area contributed by atoms with Crippen molar-refractivity contribution in [2.75, 3.05) is 7.11 Å². The summed E-state index contributed by atoms with van der Waals surface area (Å²) in [6.45, 7) is 1.45. The van der Waals surface area contributed by atoms with Crippen LogP contribution in [0.3, 0.4) is 0 Å². The van der Waals surface area contributed by atoms with Crippen LogP contribution >= 0.6 is 0 Å². The third kappa shape index (κ3) is 3.38. The van der Waals surface area contributed by atoms with E-state index in [2.05, 4.69) is 19.9 Å². The molecule has 0 spiro atoms. The molecule has 0 radical (unpaired) electrons. The van der Waals surface area contributed by atoms with Gasteiger partial charge in [-0.1, -0.05) is 6.07 Å². The fraction of sp³-hybridized carbons (Fsp3) is 0.333. The Morgan fingerprint density at radius 1 is 1.48 bits per heavy atom. The second kappa shape index (κ2) is 6.20.